The molecule has 2 rings (SSSR count). The van der Waals surface area contributed by atoms with Crippen molar-refractivity contribution in [3.8, 4) is 5.75 Å². The molecular weight excluding hydrogens is 308 g/mol. The van der Waals surface area contributed by atoms with Crippen molar-refractivity contribution in [3.63, 3.8) is 0 Å². The number of carbonyl (C=O) groups excluding carboxylic acids is 1. The van der Waals surface area contributed by atoms with Crippen LogP contribution in [0.1, 0.15) is 26.3 Å². The van der Waals surface area contributed by atoms with Crippen LogP contribution in [0.4, 0.5) is 5.69 Å². The maximum absolute atomic E-state index is 11.9. The zero-order valence-corrected chi connectivity index (χ0v) is 14.3. The Morgan fingerprint density at radius 2 is 2.19 bits per heavy atom. The average Bonchev–Trinajstić information content (AvgIpc) is 2.60. The van der Waals surface area contributed by atoms with Gasteiger partial charge in [-0.25, -0.2) is 0 Å². The summed E-state index contributed by atoms with van der Waals surface area (Å²) in [7, 11) is 0. The Morgan fingerprint density at radius 1 is 1.43 bits per heavy atom. The van der Waals surface area contributed by atoms with E-state index in [9.17, 15) is 4.79 Å². The number of rotatable bonds is 3. The highest BCUT2D eigenvalue weighted by Gasteiger charge is 2.14. The summed E-state index contributed by atoms with van der Waals surface area (Å²) in [5.41, 5.74) is 1.92. The fourth-order valence-electron chi connectivity index (χ4n) is 1.87. The third-order valence-electron chi connectivity index (χ3n) is 2.83. The Morgan fingerprint density at radius 3 is 2.90 bits per heavy atom. The molecule has 0 aromatic heterocycles. The highest BCUT2D eigenvalue weighted by molar-refractivity contribution is 8.01. The minimum Gasteiger partial charge on any atom is -0.492 e. The SMILES string of the molecule is CC(C)(C)SCC(=O)Nc1ccc2c(c1)CNCCO2.Cl. The van der Waals surface area contributed by atoms with Gasteiger partial charge in [-0.2, -0.15) is 0 Å². The fourth-order valence-corrected chi connectivity index (χ4v) is 2.51. The van der Waals surface area contributed by atoms with Gasteiger partial charge >= 0.3 is 0 Å². The Bertz CT molecular complexity index is 489. The third-order valence-corrected chi connectivity index (χ3v) is 4.10. The first-order valence-electron chi connectivity index (χ1n) is 6.84. The monoisotopic (exact) mass is 330 g/mol. The second-order valence-corrected chi connectivity index (χ2v) is 7.60. The van der Waals surface area contributed by atoms with E-state index in [1.165, 1.54) is 0 Å². The number of hydrogen-bond donors (Lipinski definition) is 2. The van der Waals surface area contributed by atoms with Crippen LogP contribution >= 0.6 is 24.2 Å². The van der Waals surface area contributed by atoms with Crippen molar-refractivity contribution in [2.45, 2.75) is 32.1 Å². The summed E-state index contributed by atoms with van der Waals surface area (Å²) in [5.74, 6) is 1.40. The molecule has 6 heteroatoms. The van der Waals surface area contributed by atoms with Crippen LogP contribution in [0.2, 0.25) is 0 Å². The van der Waals surface area contributed by atoms with E-state index >= 15 is 0 Å². The summed E-state index contributed by atoms with van der Waals surface area (Å²) in [5, 5.41) is 6.23. The molecule has 1 aromatic rings. The topological polar surface area (TPSA) is 50.4 Å². The van der Waals surface area contributed by atoms with Crippen LogP contribution in [0.15, 0.2) is 18.2 Å². The van der Waals surface area contributed by atoms with E-state index in [1.807, 2.05) is 18.2 Å². The molecule has 2 N–H and O–H groups in total. The molecule has 21 heavy (non-hydrogen) atoms. The van der Waals surface area contributed by atoms with E-state index in [0.29, 0.717) is 12.4 Å². The molecule has 0 atom stereocenters. The summed E-state index contributed by atoms with van der Waals surface area (Å²) in [6.07, 6.45) is 0. The van der Waals surface area contributed by atoms with Crippen LogP contribution in [0.25, 0.3) is 0 Å². The molecule has 4 nitrogen and oxygen atoms in total. The minimum atomic E-state index is 0. The first-order valence-corrected chi connectivity index (χ1v) is 7.83. The summed E-state index contributed by atoms with van der Waals surface area (Å²) < 4.78 is 5.72. The van der Waals surface area contributed by atoms with Gasteiger partial charge in [0.25, 0.3) is 0 Å². The molecule has 0 saturated carbocycles. The normalized spacial score (nSPS) is 14.2. The first kappa shape index (κ1) is 18.1. The molecule has 0 bridgehead atoms. The van der Waals surface area contributed by atoms with Crippen molar-refractivity contribution in [2.24, 2.45) is 0 Å². The molecule has 1 aliphatic rings. The molecule has 1 aromatic carbocycles. The van der Waals surface area contributed by atoms with Crippen molar-refractivity contribution in [1.82, 2.24) is 5.32 Å². The maximum Gasteiger partial charge on any atom is 0.234 e. The van der Waals surface area contributed by atoms with Gasteiger partial charge in [-0.15, -0.1) is 24.2 Å². The minimum absolute atomic E-state index is 0. The van der Waals surface area contributed by atoms with Crippen molar-refractivity contribution in [1.29, 1.82) is 0 Å². The van der Waals surface area contributed by atoms with E-state index in [0.717, 1.165) is 30.1 Å². The molecule has 0 saturated heterocycles. The Labute approximate surface area is 136 Å². The number of thioether (sulfide) groups is 1. The number of carbonyl (C=O) groups is 1. The molecular formula is C15H23ClN2O2S. The zero-order valence-electron chi connectivity index (χ0n) is 12.7. The number of fused-ring (bicyclic) bond motifs is 1. The standard InChI is InChI=1S/C15H22N2O2S.ClH/c1-15(2,3)20-10-14(18)17-12-4-5-13-11(8-12)9-16-6-7-19-13;/h4-5,8,16H,6-7,9-10H2,1-3H3,(H,17,18);1H. The number of halogens is 1. The van der Waals surface area contributed by atoms with Gasteiger partial charge in [0, 0.05) is 29.1 Å². The van der Waals surface area contributed by atoms with Crippen LogP contribution in [-0.4, -0.2) is 29.6 Å². The smallest absolute Gasteiger partial charge is 0.234 e. The number of ether oxygens (including phenoxy) is 1. The summed E-state index contributed by atoms with van der Waals surface area (Å²) in [4.78, 5) is 11.9. The molecule has 0 unspecified atom stereocenters. The van der Waals surface area contributed by atoms with Crippen LogP contribution in [0.3, 0.4) is 0 Å². The molecule has 0 aliphatic carbocycles. The van der Waals surface area contributed by atoms with Gasteiger partial charge in [-0.1, -0.05) is 20.8 Å². The lowest BCUT2D eigenvalue weighted by Gasteiger charge is -2.17. The van der Waals surface area contributed by atoms with Crippen LogP contribution < -0.4 is 15.4 Å². The fraction of sp³-hybridized carbons (Fsp3) is 0.533. The molecule has 118 valence electrons. The molecule has 0 spiro atoms. The number of nitrogens with one attached hydrogen (secondary N) is 2. The largest absolute Gasteiger partial charge is 0.492 e. The van der Waals surface area contributed by atoms with Crippen LogP contribution in [0.5, 0.6) is 5.75 Å². The maximum atomic E-state index is 11.9. The van der Waals surface area contributed by atoms with Crippen LogP contribution in [-0.2, 0) is 11.3 Å². The van der Waals surface area contributed by atoms with Crippen LogP contribution in [0, 0.1) is 0 Å². The van der Waals surface area contributed by atoms with Gasteiger partial charge in [0.15, 0.2) is 0 Å². The highest BCUT2D eigenvalue weighted by Crippen LogP contribution is 2.25. The molecule has 1 amide bonds. The van der Waals surface area contributed by atoms with Gasteiger partial charge in [0.2, 0.25) is 5.91 Å². The Hall–Kier alpha value is -0.910. The number of anilines is 1. The van der Waals surface area contributed by atoms with Gasteiger partial charge in [-0.3, -0.25) is 4.79 Å². The lowest BCUT2D eigenvalue weighted by molar-refractivity contribution is -0.113. The second kappa shape index (κ2) is 7.92. The van der Waals surface area contributed by atoms with Crippen molar-refractivity contribution < 1.29 is 9.53 Å². The van der Waals surface area contributed by atoms with E-state index in [2.05, 4.69) is 31.4 Å². The zero-order chi connectivity index (χ0) is 14.6. The number of amides is 1. The van der Waals surface area contributed by atoms with Crippen molar-refractivity contribution >= 4 is 35.8 Å². The Balaban J connectivity index is 0.00000220. The van der Waals surface area contributed by atoms with Crippen molar-refractivity contribution in [2.75, 3.05) is 24.2 Å². The van der Waals surface area contributed by atoms with E-state index in [4.69, 9.17) is 4.74 Å². The van der Waals surface area contributed by atoms with E-state index < -0.39 is 0 Å². The van der Waals surface area contributed by atoms with E-state index in [-0.39, 0.29) is 23.1 Å². The predicted molar refractivity (Wildman–Crippen MR) is 91.7 cm³/mol. The Kier molecular flexibility index (Phi) is 6.84. The quantitative estimate of drug-likeness (QED) is 0.894. The third kappa shape index (κ3) is 6.16. The lowest BCUT2D eigenvalue weighted by Crippen LogP contribution is -2.19. The van der Waals surface area contributed by atoms with Crippen molar-refractivity contribution in [3.05, 3.63) is 23.8 Å². The van der Waals surface area contributed by atoms with E-state index in [1.54, 1.807) is 11.8 Å². The second-order valence-electron chi connectivity index (χ2n) is 5.80. The molecule has 1 aliphatic heterocycles. The van der Waals surface area contributed by atoms with Gasteiger partial charge in [-0.05, 0) is 18.2 Å². The van der Waals surface area contributed by atoms with Gasteiger partial charge < -0.3 is 15.4 Å². The average molecular weight is 331 g/mol. The highest BCUT2D eigenvalue weighted by atomic mass is 35.5. The molecule has 0 fully saturated rings. The van der Waals surface area contributed by atoms with Gasteiger partial charge in [0.05, 0.1) is 5.75 Å². The molecule has 0 radical (unpaired) electrons. The first-order chi connectivity index (χ1) is 9.44. The molecule has 1 heterocycles. The number of benzene rings is 1. The predicted octanol–water partition coefficient (Wildman–Crippen LogP) is 3.06. The summed E-state index contributed by atoms with van der Waals surface area (Å²) in [6, 6.07) is 5.80. The summed E-state index contributed by atoms with van der Waals surface area (Å²) in [6.45, 7) is 8.62. The summed E-state index contributed by atoms with van der Waals surface area (Å²) >= 11 is 1.64. The lowest BCUT2D eigenvalue weighted by atomic mass is 10.1. The number of hydrogen-bond acceptors (Lipinski definition) is 4. The van der Waals surface area contributed by atoms with Gasteiger partial charge in [0.1, 0.15) is 12.4 Å².